The third-order valence-electron chi connectivity index (χ3n) is 4.37. The van der Waals surface area contributed by atoms with Gasteiger partial charge in [-0.15, -0.1) is 0 Å². The highest BCUT2D eigenvalue weighted by Crippen LogP contribution is 2.47. The largest absolute Gasteiger partial charge is 0.354 e. The van der Waals surface area contributed by atoms with Crippen LogP contribution in [0.3, 0.4) is 0 Å². The smallest absolute Gasteiger partial charge is 0.217 e. The first kappa shape index (κ1) is 11.0. The van der Waals surface area contributed by atoms with Crippen molar-refractivity contribution in [1.29, 1.82) is 0 Å². The van der Waals surface area contributed by atoms with Crippen LogP contribution in [0.2, 0.25) is 0 Å². The Balaban J connectivity index is 1.82. The maximum atomic E-state index is 11.0. The van der Waals surface area contributed by atoms with Gasteiger partial charge >= 0.3 is 0 Å². The molecule has 15 heavy (non-hydrogen) atoms. The summed E-state index contributed by atoms with van der Waals surface area (Å²) in [7, 11) is 0. The number of hydrogen-bond donors (Lipinski definition) is 1. The minimum atomic E-state index is 0.139. The van der Waals surface area contributed by atoms with Gasteiger partial charge in [0.05, 0.1) is 0 Å². The van der Waals surface area contributed by atoms with Gasteiger partial charge in [-0.1, -0.05) is 19.3 Å². The van der Waals surface area contributed by atoms with Crippen LogP contribution >= 0.6 is 0 Å². The number of carbonyl (C=O) groups is 1. The molecule has 86 valence electrons. The summed E-state index contributed by atoms with van der Waals surface area (Å²) < 4.78 is 0. The minimum absolute atomic E-state index is 0.139. The zero-order chi connectivity index (χ0) is 10.7. The summed E-state index contributed by atoms with van der Waals surface area (Å²) in [6.45, 7) is 1.63. The van der Waals surface area contributed by atoms with Crippen molar-refractivity contribution in [1.82, 2.24) is 5.32 Å². The van der Waals surface area contributed by atoms with Crippen molar-refractivity contribution in [2.75, 3.05) is 0 Å². The highest BCUT2D eigenvalue weighted by molar-refractivity contribution is 5.73. The van der Waals surface area contributed by atoms with E-state index in [1.165, 1.54) is 57.8 Å². The maximum Gasteiger partial charge on any atom is 0.217 e. The van der Waals surface area contributed by atoms with Crippen molar-refractivity contribution < 1.29 is 4.79 Å². The van der Waals surface area contributed by atoms with Gasteiger partial charge in [-0.2, -0.15) is 0 Å². The van der Waals surface area contributed by atoms with E-state index in [2.05, 4.69) is 5.32 Å². The van der Waals surface area contributed by atoms with Crippen molar-refractivity contribution in [3.8, 4) is 0 Å². The first-order valence-corrected chi connectivity index (χ1v) is 6.47. The summed E-state index contributed by atoms with van der Waals surface area (Å²) in [6.07, 6.45) is 12.3. The van der Waals surface area contributed by atoms with Gasteiger partial charge in [0, 0.05) is 13.0 Å². The van der Waals surface area contributed by atoms with Gasteiger partial charge in [0.1, 0.15) is 0 Å². The lowest BCUT2D eigenvalue weighted by Crippen LogP contribution is -2.40. The first-order chi connectivity index (χ1) is 7.20. The van der Waals surface area contributed by atoms with Gasteiger partial charge in [-0.25, -0.2) is 0 Å². The molecule has 0 saturated heterocycles. The molecule has 2 nitrogen and oxygen atoms in total. The fraction of sp³-hybridized carbons (Fsp3) is 0.923. The van der Waals surface area contributed by atoms with E-state index in [9.17, 15) is 4.79 Å². The van der Waals surface area contributed by atoms with Gasteiger partial charge in [-0.05, 0) is 43.9 Å². The molecular weight excluding hydrogens is 186 g/mol. The van der Waals surface area contributed by atoms with Gasteiger partial charge in [-0.3, -0.25) is 4.79 Å². The summed E-state index contributed by atoms with van der Waals surface area (Å²) >= 11 is 0. The summed E-state index contributed by atoms with van der Waals surface area (Å²) in [5.74, 6) is 0.139. The van der Waals surface area contributed by atoms with E-state index in [-0.39, 0.29) is 5.91 Å². The van der Waals surface area contributed by atoms with Crippen LogP contribution in [0.4, 0.5) is 0 Å². The molecule has 2 aliphatic carbocycles. The van der Waals surface area contributed by atoms with E-state index in [1.54, 1.807) is 6.92 Å². The van der Waals surface area contributed by atoms with Crippen molar-refractivity contribution in [3.05, 3.63) is 0 Å². The summed E-state index contributed by atoms with van der Waals surface area (Å²) in [4.78, 5) is 11.0. The van der Waals surface area contributed by atoms with E-state index in [0.717, 1.165) is 0 Å². The standard InChI is InChI=1S/C13H23NO/c1-11(15)14-12-5-9-13(10-6-12)7-3-2-4-8-13/h12H,2-10H2,1H3,(H,14,15). The first-order valence-electron chi connectivity index (χ1n) is 6.47. The van der Waals surface area contributed by atoms with Crippen molar-refractivity contribution in [2.45, 2.75) is 70.8 Å². The topological polar surface area (TPSA) is 29.1 Å². The van der Waals surface area contributed by atoms with Crippen molar-refractivity contribution in [2.24, 2.45) is 5.41 Å². The lowest BCUT2D eigenvalue weighted by Gasteiger charge is -2.43. The molecule has 1 N–H and O–H groups in total. The number of rotatable bonds is 1. The number of carbonyl (C=O) groups excluding carboxylic acids is 1. The number of nitrogens with one attached hydrogen (secondary N) is 1. The normalized spacial score (nSPS) is 26.5. The highest BCUT2D eigenvalue weighted by Gasteiger charge is 2.36. The van der Waals surface area contributed by atoms with Crippen molar-refractivity contribution in [3.63, 3.8) is 0 Å². The maximum absolute atomic E-state index is 11.0. The zero-order valence-electron chi connectivity index (χ0n) is 9.85. The molecule has 0 bridgehead atoms. The molecule has 2 aliphatic rings. The molecule has 0 heterocycles. The van der Waals surface area contributed by atoms with Gasteiger partial charge < -0.3 is 5.32 Å². The Kier molecular flexibility index (Phi) is 3.32. The van der Waals surface area contributed by atoms with Crippen molar-refractivity contribution >= 4 is 5.91 Å². The fourth-order valence-corrected chi connectivity index (χ4v) is 3.46. The average molecular weight is 209 g/mol. The van der Waals surface area contributed by atoms with E-state index in [4.69, 9.17) is 0 Å². The van der Waals surface area contributed by atoms with Gasteiger partial charge in [0.25, 0.3) is 0 Å². The predicted octanol–water partition coefficient (Wildman–Crippen LogP) is 3.02. The molecule has 0 aromatic rings. The Morgan fingerprint density at radius 1 is 1.07 bits per heavy atom. The second kappa shape index (κ2) is 4.54. The fourth-order valence-electron chi connectivity index (χ4n) is 3.46. The lowest BCUT2D eigenvalue weighted by molar-refractivity contribution is -0.120. The minimum Gasteiger partial charge on any atom is -0.354 e. The Labute approximate surface area is 92.8 Å². The SMILES string of the molecule is CC(=O)NC1CCC2(CCCCC2)CC1. The predicted molar refractivity (Wildman–Crippen MR) is 61.6 cm³/mol. The Hall–Kier alpha value is -0.530. The Morgan fingerprint density at radius 3 is 2.20 bits per heavy atom. The van der Waals surface area contributed by atoms with Crippen LogP contribution in [0, 0.1) is 5.41 Å². The molecule has 2 rings (SSSR count). The Bertz CT molecular complexity index is 221. The zero-order valence-corrected chi connectivity index (χ0v) is 9.85. The molecule has 2 fully saturated rings. The third-order valence-corrected chi connectivity index (χ3v) is 4.37. The number of hydrogen-bond acceptors (Lipinski definition) is 1. The molecule has 2 saturated carbocycles. The molecule has 2 heteroatoms. The molecular formula is C13H23NO. The van der Waals surface area contributed by atoms with Crippen LogP contribution in [0.15, 0.2) is 0 Å². The quantitative estimate of drug-likeness (QED) is 0.706. The van der Waals surface area contributed by atoms with E-state index >= 15 is 0 Å². The van der Waals surface area contributed by atoms with Crippen LogP contribution in [-0.4, -0.2) is 11.9 Å². The summed E-state index contributed by atoms with van der Waals surface area (Å²) in [6, 6.07) is 0.468. The van der Waals surface area contributed by atoms with Crippen LogP contribution < -0.4 is 5.32 Å². The summed E-state index contributed by atoms with van der Waals surface area (Å²) in [5.41, 5.74) is 0.674. The molecule has 0 atom stereocenters. The molecule has 0 radical (unpaired) electrons. The second-order valence-electron chi connectivity index (χ2n) is 5.54. The van der Waals surface area contributed by atoms with E-state index in [1.807, 2.05) is 0 Å². The van der Waals surface area contributed by atoms with Gasteiger partial charge in [0.2, 0.25) is 5.91 Å². The highest BCUT2D eigenvalue weighted by atomic mass is 16.1. The monoisotopic (exact) mass is 209 g/mol. The number of amides is 1. The molecule has 0 aromatic carbocycles. The van der Waals surface area contributed by atoms with Crippen LogP contribution in [0.1, 0.15) is 64.7 Å². The van der Waals surface area contributed by atoms with E-state index < -0.39 is 0 Å². The lowest BCUT2D eigenvalue weighted by atomic mass is 9.64. The molecule has 1 spiro atoms. The Morgan fingerprint density at radius 2 is 1.67 bits per heavy atom. The van der Waals surface area contributed by atoms with E-state index in [0.29, 0.717) is 11.5 Å². The summed E-state index contributed by atoms with van der Waals surface area (Å²) in [5, 5.41) is 3.06. The molecule has 0 unspecified atom stereocenters. The molecule has 0 aromatic heterocycles. The molecule has 1 amide bonds. The average Bonchev–Trinajstić information content (AvgIpc) is 2.23. The molecule has 0 aliphatic heterocycles. The van der Waals surface area contributed by atoms with Crippen LogP contribution in [0.25, 0.3) is 0 Å². The van der Waals surface area contributed by atoms with Crippen LogP contribution in [0.5, 0.6) is 0 Å². The third kappa shape index (κ3) is 2.73. The van der Waals surface area contributed by atoms with Gasteiger partial charge in [0.15, 0.2) is 0 Å². The second-order valence-corrected chi connectivity index (χ2v) is 5.54. The van der Waals surface area contributed by atoms with Crippen LogP contribution in [-0.2, 0) is 4.79 Å².